The zero-order valence-corrected chi connectivity index (χ0v) is 26.3. The summed E-state index contributed by atoms with van der Waals surface area (Å²) in [6, 6.07) is 10.7. The number of carbonyl (C=O) groups is 2. The van der Waals surface area contributed by atoms with Gasteiger partial charge in [-0.05, 0) is 76.1 Å². The predicted molar refractivity (Wildman–Crippen MR) is 169 cm³/mol. The summed E-state index contributed by atoms with van der Waals surface area (Å²) in [4.78, 5) is 35.1. The van der Waals surface area contributed by atoms with E-state index in [1.165, 1.54) is 30.3 Å². The van der Waals surface area contributed by atoms with Crippen LogP contribution < -0.4 is 15.4 Å². The molecule has 0 saturated heterocycles. The molecule has 0 bridgehead atoms. The van der Waals surface area contributed by atoms with Gasteiger partial charge in [-0.2, -0.15) is 0 Å². The number of hydrogen-bond acceptors (Lipinski definition) is 8. The third kappa shape index (κ3) is 9.82. The number of aromatic nitrogens is 2. The number of nitrogens with one attached hydrogen (secondary N) is 2. The highest BCUT2D eigenvalue weighted by atomic mass is 35.5. The molecule has 0 aliphatic rings. The molecule has 0 aliphatic heterocycles. The van der Waals surface area contributed by atoms with Gasteiger partial charge in [0.25, 0.3) is 0 Å². The van der Waals surface area contributed by atoms with Gasteiger partial charge in [0.15, 0.2) is 0 Å². The summed E-state index contributed by atoms with van der Waals surface area (Å²) >= 11 is 5.93. The zero-order chi connectivity index (χ0) is 33.5. The second kappa shape index (κ2) is 14.8. The van der Waals surface area contributed by atoms with Crippen molar-refractivity contribution in [2.24, 2.45) is 0 Å². The number of benzene rings is 2. The van der Waals surface area contributed by atoms with Crippen LogP contribution in [0, 0.1) is 0 Å². The summed E-state index contributed by atoms with van der Waals surface area (Å²) < 4.78 is 46.9. The Labute approximate surface area is 268 Å². The molecule has 3 N–H and O–H groups in total. The minimum atomic E-state index is -4.82. The summed E-state index contributed by atoms with van der Waals surface area (Å²) in [5, 5.41) is 18.2. The largest absolute Gasteiger partial charge is 0.573 e. The van der Waals surface area contributed by atoms with Gasteiger partial charge >= 0.3 is 18.4 Å². The Balaban J connectivity index is 1.34. The van der Waals surface area contributed by atoms with E-state index in [1.54, 1.807) is 44.1 Å². The van der Waals surface area contributed by atoms with Crippen LogP contribution in [0.4, 0.5) is 23.8 Å². The van der Waals surface area contributed by atoms with Crippen LogP contribution in [0.15, 0.2) is 54.9 Å². The van der Waals surface area contributed by atoms with E-state index in [4.69, 9.17) is 16.3 Å². The number of amides is 1. The second-order valence-corrected chi connectivity index (χ2v) is 11.9. The zero-order valence-electron chi connectivity index (χ0n) is 25.6. The highest BCUT2D eigenvalue weighted by Crippen LogP contribution is 2.31. The highest BCUT2D eigenvalue weighted by molar-refractivity contribution is 6.32. The Hall–Kier alpha value is -4.36. The standard InChI is InChI=1S/C32H35ClF3N5O5/c1-31(2,3)46-30(44)41(14-5-4-11-37-18-20-6-9-27(25(33)16-20)45-32(34,35)36)15-13-39-28-23-10-12-38-19-24(23)22-8-7-21(29(42)43)17-26(22)40-28/h6-10,12,16-17,19,37H,4-5,11,13-15,18H2,1-3H3,(H,39,40)(H,42,43). The van der Waals surface area contributed by atoms with Crippen LogP contribution in [0.2, 0.25) is 5.02 Å². The van der Waals surface area contributed by atoms with Crippen LogP contribution in [-0.4, -0.2) is 70.2 Å². The molecule has 246 valence electrons. The molecule has 4 rings (SSSR count). The highest BCUT2D eigenvalue weighted by Gasteiger charge is 2.32. The molecular formula is C32H35ClF3N5O5. The topological polar surface area (TPSA) is 126 Å². The number of halogens is 4. The maximum Gasteiger partial charge on any atom is 0.573 e. The number of alkyl halides is 3. The lowest BCUT2D eigenvalue weighted by molar-refractivity contribution is -0.274. The van der Waals surface area contributed by atoms with Crippen molar-refractivity contribution in [1.29, 1.82) is 0 Å². The molecule has 2 heterocycles. The number of fused-ring (bicyclic) bond motifs is 3. The third-order valence-corrected chi connectivity index (χ3v) is 7.05. The van der Waals surface area contributed by atoms with Gasteiger partial charge in [-0.15, -0.1) is 13.2 Å². The molecule has 2 aromatic heterocycles. The van der Waals surface area contributed by atoms with Gasteiger partial charge in [0.1, 0.15) is 17.2 Å². The van der Waals surface area contributed by atoms with Crippen molar-refractivity contribution in [3.63, 3.8) is 0 Å². The first-order chi connectivity index (χ1) is 21.7. The number of rotatable bonds is 13. The van der Waals surface area contributed by atoms with Crippen LogP contribution >= 0.6 is 11.6 Å². The maximum absolute atomic E-state index is 13.0. The van der Waals surface area contributed by atoms with E-state index in [1.807, 2.05) is 6.07 Å². The van der Waals surface area contributed by atoms with Crippen molar-refractivity contribution in [3.05, 3.63) is 71.0 Å². The lowest BCUT2D eigenvalue weighted by Crippen LogP contribution is -2.40. The van der Waals surface area contributed by atoms with Crippen molar-refractivity contribution in [2.75, 3.05) is 31.5 Å². The number of unbranched alkanes of at least 4 members (excludes halogenated alkanes) is 1. The average molecular weight is 662 g/mol. The van der Waals surface area contributed by atoms with Crippen LogP contribution in [0.1, 0.15) is 49.5 Å². The number of aromatic carboxylic acids is 1. The first-order valence-electron chi connectivity index (χ1n) is 14.6. The van der Waals surface area contributed by atoms with Gasteiger partial charge in [0.05, 0.1) is 16.1 Å². The minimum absolute atomic E-state index is 0.122. The fourth-order valence-electron chi connectivity index (χ4n) is 4.69. The monoisotopic (exact) mass is 661 g/mol. The lowest BCUT2D eigenvalue weighted by atomic mass is 10.1. The van der Waals surface area contributed by atoms with Crippen LogP contribution in [0.3, 0.4) is 0 Å². The molecule has 0 atom stereocenters. The Morgan fingerprint density at radius 2 is 1.76 bits per heavy atom. The molecule has 0 fully saturated rings. The Morgan fingerprint density at radius 1 is 0.978 bits per heavy atom. The van der Waals surface area contributed by atoms with Crippen molar-refractivity contribution >= 4 is 51.2 Å². The smallest absolute Gasteiger partial charge is 0.478 e. The number of pyridine rings is 2. The summed E-state index contributed by atoms with van der Waals surface area (Å²) in [5.74, 6) is -0.965. The fourth-order valence-corrected chi connectivity index (χ4v) is 4.93. The van der Waals surface area contributed by atoms with E-state index in [0.29, 0.717) is 62.5 Å². The summed E-state index contributed by atoms with van der Waals surface area (Å²) in [6.07, 6.45) is -0.542. The summed E-state index contributed by atoms with van der Waals surface area (Å²) in [7, 11) is 0. The molecule has 0 unspecified atom stereocenters. The van der Waals surface area contributed by atoms with E-state index in [-0.39, 0.29) is 10.6 Å². The summed E-state index contributed by atoms with van der Waals surface area (Å²) in [6.45, 7) is 7.46. The predicted octanol–water partition coefficient (Wildman–Crippen LogP) is 7.25. The lowest BCUT2D eigenvalue weighted by Gasteiger charge is -2.27. The molecule has 46 heavy (non-hydrogen) atoms. The number of hydrogen-bond donors (Lipinski definition) is 3. The first-order valence-corrected chi connectivity index (χ1v) is 15.0. The molecule has 0 spiro atoms. The van der Waals surface area contributed by atoms with Crippen molar-refractivity contribution in [2.45, 2.75) is 52.1 Å². The van der Waals surface area contributed by atoms with Crippen LogP contribution in [-0.2, 0) is 11.3 Å². The van der Waals surface area contributed by atoms with Gasteiger partial charge in [-0.25, -0.2) is 14.6 Å². The first kappa shape index (κ1) is 34.5. The maximum atomic E-state index is 13.0. The van der Waals surface area contributed by atoms with Gasteiger partial charge in [-0.3, -0.25) is 4.98 Å². The Kier molecular flexibility index (Phi) is 11.1. The summed E-state index contributed by atoms with van der Waals surface area (Å²) in [5.41, 5.74) is 0.645. The number of carboxylic acids is 1. The number of anilines is 1. The van der Waals surface area contributed by atoms with Crippen molar-refractivity contribution < 1.29 is 37.3 Å². The molecule has 1 amide bonds. The van der Waals surface area contributed by atoms with E-state index >= 15 is 0 Å². The molecule has 4 aromatic rings. The normalized spacial score (nSPS) is 11.9. The Morgan fingerprint density at radius 3 is 2.46 bits per heavy atom. The number of carboxylic acid groups (broad SMARTS) is 1. The number of carbonyl (C=O) groups excluding carboxylic acids is 1. The fraction of sp³-hybridized carbons (Fsp3) is 0.375. The van der Waals surface area contributed by atoms with Crippen LogP contribution in [0.25, 0.3) is 21.7 Å². The molecule has 0 saturated carbocycles. The average Bonchev–Trinajstić information content (AvgIpc) is 2.97. The minimum Gasteiger partial charge on any atom is -0.478 e. The number of nitrogens with zero attached hydrogens (tertiary/aromatic N) is 3. The van der Waals surface area contributed by atoms with E-state index in [2.05, 4.69) is 25.3 Å². The Bertz CT molecular complexity index is 1700. The van der Waals surface area contributed by atoms with Crippen molar-refractivity contribution in [3.8, 4) is 5.75 Å². The SMILES string of the molecule is CC(C)(C)OC(=O)N(CCCCNCc1ccc(OC(F)(F)F)c(Cl)c1)CCNc1nc2cc(C(=O)O)ccc2c2cnccc12. The van der Waals surface area contributed by atoms with Crippen molar-refractivity contribution in [1.82, 2.24) is 20.2 Å². The third-order valence-electron chi connectivity index (χ3n) is 6.75. The molecule has 14 heteroatoms. The van der Waals surface area contributed by atoms with Gasteiger partial charge in [0.2, 0.25) is 0 Å². The van der Waals surface area contributed by atoms with E-state index < -0.39 is 29.8 Å². The van der Waals surface area contributed by atoms with Gasteiger partial charge < -0.3 is 30.1 Å². The number of ether oxygens (including phenoxy) is 2. The molecule has 0 radical (unpaired) electrons. The van der Waals surface area contributed by atoms with E-state index in [9.17, 15) is 27.9 Å². The van der Waals surface area contributed by atoms with Gasteiger partial charge in [-0.1, -0.05) is 23.7 Å². The molecular weight excluding hydrogens is 627 g/mol. The van der Waals surface area contributed by atoms with Gasteiger partial charge in [0, 0.05) is 54.7 Å². The van der Waals surface area contributed by atoms with E-state index in [0.717, 1.165) is 16.2 Å². The molecule has 0 aliphatic carbocycles. The molecule has 2 aromatic carbocycles. The van der Waals surface area contributed by atoms with Crippen LogP contribution in [0.5, 0.6) is 5.75 Å². The second-order valence-electron chi connectivity index (χ2n) is 11.5. The quantitative estimate of drug-likeness (QED) is 0.100. The molecule has 10 nitrogen and oxygen atoms in total.